The zero-order valence-corrected chi connectivity index (χ0v) is 16.1. The lowest BCUT2D eigenvalue weighted by Gasteiger charge is -2.04. The highest BCUT2D eigenvalue weighted by Gasteiger charge is 2.09. The SMILES string of the molecule is C=CCOc1ccc(/C=C/C(=O)NNC(=O)Cn2nnc(-c3ccccc3)n2)cc1. The van der Waals surface area contributed by atoms with Gasteiger partial charge >= 0.3 is 0 Å². The Morgan fingerprint density at radius 2 is 1.83 bits per heavy atom. The van der Waals surface area contributed by atoms with Crippen LogP contribution in [0.4, 0.5) is 0 Å². The van der Waals surface area contributed by atoms with Crippen LogP contribution in [0, 0.1) is 0 Å². The molecule has 152 valence electrons. The first-order chi connectivity index (χ1) is 14.6. The van der Waals surface area contributed by atoms with Crippen LogP contribution in [-0.2, 0) is 16.1 Å². The van der Waals surface area contributed by atoms with Crippen LogP contribution in [0.1, 0.15) is 5.56 Å². The minimum Gasteiger partial charge on any atom is -0.490 e. The van der Waals surface area contributed by atoms with E-state index in [9.17, 15) is 9.59 Å². The van der Waals surface area contributed by atoms with Crippen molar-refractivity contribution >= 4 is 17.9 Å². The number of amides is 2. The monoisotopic (exact) mass is 404 g/mol. The third-order valence-electron chi connectivity index (χ3n) is 3.77. The highest BCUT2D eigenvalue weighted by molar-refractivity contribution is 5.93. The first-order valence-electron chi connectivity index (χ1n) is 9.08. The first-order valence-corrected chi connectivity index (χ1v) is 9.08. The number of tetrazole rings is 1. The lowest BCUT2D eigenvalue weighted by molar-refractivity contribution is -0.127. The number of carbonyl (C=O) groups excluding carboxylic acids is 2. The Morgan fingerprint density at radius 3 is 2.57 bits per heavy atom. The number of rotatable bonds is 8. The second kappa shape index (κ2) is 10.3. The zero-order chi connectivity index (χ0) is 21.2. The van der Waals surface area contributed by atoms with Crippen molar-refractivity contribution in [3.05, 3.63) is 78.9 Å². The number of nitrogens with zero attached hydrogens (tertiary/aromatic N) is 4. The van der Waals surface area contributed by atoms with Crippen LogP contribution in [0.25, 0.3) is 17.5 Å². The second-order valence-electron chi connectivity index (χ2n) is 6.05. The van der Waals surface area contributed by atoms with E-state index >= 15 is 0 Å². The number of carbonyl (C=O) groups is 2. The summed E-state index contributed by atoms with van der Waals surface area (Å²) in [4.78, 5) is 25.0. The molecule has 0 atom stereocenters. The number of ether oxygens (including phenoxy) is 1. The van der Waals surface area contributed by atoms with Crippen LogP contribution in [0.5, 0.6) is 5.75 Å². The van der Waals surface area contributed by atoms with Crippen LogP contribution in [0.15, 0.2) is 73.3 Å². The van der Waals surface area contributed by atoms with E-state index in [1.165, 1.54) is 6.08 Å². The van der Waals surface area contributed by atoms with E-state index in [-0.39, 0.29) is 6.54 Å². The van der Waals surface area contributed by atoms with Gasteiger partial charge in [0.25, 0.3) is 11.8 Å². The molecule has 0 radical (unpaired) electrons. The summed E-state index contributed by atoms with van der Waals surface area (Å²) in [6.07, 6.45) is 4.58. The molecular weight excluding hydrogens is 384 g/mol. The number of nitrogens with one attached hydrogen (secondary N) is 2. The van der Waals surface area contributed by atoms with Gasteiger partial charge in [-0.05, 0) is 29.0 Å². The molecule has 9 heteroatoms. The maximum atomic E-state index is 12.0. The van der Waals surface area contributed by atoms with Crippen molar-refractivity contribution in [1.29, 1.82) is 0 Å². The molecule has 0 aliphatic heterocycles. The molecule has 0 saturated heterocycles. The summed E-state index contributed by atoms with van der Waals surface area (Å²) in [5, 5.41) is 11.9. The van der Waals surface area contributed by atoms with Gasteiger partial charge in [0.05, 0.1) is 0 Å². The van der Waals surface area contributed by atoms with Crippen LogP contribution in [0.2, 0.25) is 0 Å². The van der Waals surface area contributed by atoms with Gasteiger partial charge in [0, 0.05) is 11.6 Å². The lowest BCUT2D eigenvalue weighted by atomic mass is 10.2. The third-order valence-corrected chi connectivity index (χ3v) is 3.77. The van der Waals surface area contributed by atoms with Gasteiger partial charge < -0.3 is 4.74 Å². The van der Waals surface area contributed by atoms with Gasteiger partial charge in [-0.15, -0.1) is 10.2 Å². The van der Waals surface area contributed by atoms with E-state index in [0.29, 0.717) is 18.2 Å². The molecule has 1 heterocycles. The summed E-state index contributed by atoms with van der Waals surface area (Å²) in [6.45, 7) is 3.83. The van der Waals surface area contributed by atoms with E-state index in [4.69, 9.17) is 4.74 Å². The van der Waals surface area contributed by atoms with Gasteiger partial charge in [-0.25, -0.2) is 0 Å². The number of hydrogen-bond acceptors (Lipinski definition) is 6. The summed E-state index contributed by atoms with van der Waals surface area (Å²) in [6, 6.07) is 16.5. The van der Waals surface area contributed by atoms with E-state index in [0.717, 1.165) is 15.9 Å². The molecule has 1 aromatic heterocycles. The maximum Gasteiger partial charge on any atom is 0.262 e. The standard InChI is InChI=1S/C21H20N6O3/c1-2-14-30-18-11-8-16(9-12-18)10-13-19(28)22-23-20(29)15-27-25-21(24-26-27)17-6-4-3-5-7-17/h2-13H,1,14-15H2,(H,22,28)(H,23,29)/b13-10+. The van der Waals surface area contributed by atoms with Gasteiger partial charge in [0.15, 0.2) is 0 Å². The Kier molecular flexibility index (Phi) is 7.04. The van der Waals surface area contributed by atoms with E-state index < -0.39 is 11.8 Å². The Bertz CT molecular complexity index is 1030. The normalized spacial score (nSPS) is 10.5. The third kappa shape index (κ3) is 6.13. The molecular formula is C21H20N6O3. The molecule has 3 rings (SSSR count). The van der Waals surface area contributed by atoms with Crippen molar-refractivity contribution in [3.63, 3.8) is 0 Å². The summed E-state index contributed by atoms with van der Waals surface area (Å²) in [7, 11) is 0. The number of hydrogen-bond donors (Lipinski definition) is 2. The molecule has 2 amide bonds. The molecule has 9 nitrogen and oxygen atoms in total. The highest BCUT2D eigenvalue weighted by Crippen LogP contribution is 2.13. The van der Waals surface area contributed by atoms with Crippen molar-refractivity contribution in [2.45, 2.75) is 6.54 Å². The summed E-state index contributed by atoms with van der Waals surface area (Å²) in [5.74, 6) is 0.154. The van der Waals surface area contributed by atoms with Crippen LogP contribution in [0.3, 0.4) is 0 Å². The quantitative estimate of drug-likeness (QED) is 0.336. The maximum absolute atomic E-state index is 12.0. The van der Waals surface area contributed by atoms with Crippen LogP contribution >= 0.6 is 0 Å². The Morgan fingerprint density at radius 1 is 1.07 bits per heavy atom. The first kappa shape index (κ1) is 20.5. The minimum atomic E-state index is -0.488. The highest BCUT2D eigenvalue weighted by atomic mass is 16.5. The molecule has 0 spiro atoms. The molecule has 2 aromatic carbocycles. The van der Waals surface area contributed by atoms with Crippen LogP contribution in [-0.4, -0.2) is 38.6 Å². The van der Waals surface area contributed by atoms with Crippen molar-refractivity contribution in [1.82, 2.24) is 31.1 Å². The van der Waals surface area contributed by atoms with Gasteiger partial charge in [-0.3, -0.25) is 20.4 Å². The average molecular weight is 404 g/mol. The van der Waals surface area contributed by atoms with E-state index in [1.807, 2.05) is 42.5 Å². The number of aromatic nitrogens is 4. The Hall–Kier alpha value is -4.27. The smallest absolute Gasteiger partial charge is 0.262 e. The summed E-state index contributed by atoms with van der Waals surface area (Å²) in [5.41, 5.74) is 6.20. The topological polar surface area (TPSA) is 111 Å². The van der Waals surface area contributed by atoms with Crippen molar-refractivity contribution in [2.24, 2.45) is 0 Å². The molecule has 0 bridgehead atoms. The molecule has 0 unspecified atom stereocenters. The number of hydrazine groups is 1. The molecule has 0 aliphatic carbocycles. The average Bonchev–Trinajstić information content (AvgIpc) is 3.24. The van der Waals surface area contributed by atoms with Crippen LogP contribution < -0.4 is 15.6 Å². The fourth-order valence-electron chi connectivity index (χ4n) is 2.36. The molecule has 2 N–H and O–H groups in total. The van der Waals surface area contributed by atoms with E-state index in [1.54, 1.807) is 24.3 Å². The van der Waals surface area contributed by atoms with Gasteiger partial charge in [0.1, 0.15) is 18.9 Å². The van der Waals surface area contributed by atoms with Gasteiger partial charge in [-0.1, -0.05) is 55.1 Å². The predicted molar refractivity (Wildman–Crippen MR) is 111 cm³/mol. The summed E-state index contributed by atoms with van der Waals surface area (Å²) < 4.78 is 5.39. The van der Waals surface area contributed by atoms with Crippen molar-refractivity contribution < 1.29 is 14.3 Å². The van der Waals surface area contributed by atoms with Crippen molar-refractivity contribution in [2.75, 3.05) is 6.61 Å². The van der Waals surface area contributed by atoms with Gasteiger partial charge in [0.2, 0.25) is 5.82 Å². The van der Waals surface area contributed by atoms with Gasteiger partial charge in [-0.2, -0.15) is 4.80 Å². The molecule has 3 aromatic rings. The molecule has 0 aliphatic rings. The predicted octanol–water partition coefficient (Wildman–Crippen LogP) is 1.77. The Labute approximate surface area is 173 Å². The molecule has 30 heavy (non-hydrogen) atoms. The second-order valence-corrected chi connectivity index (χ2v) is 6.05. The van der Waals surface area contributed by atoms with Crippen molar-refractivity contribution in [3.8, 4) is 17.1 Å². The molecule has 0 saturated carbocycles. The minimum absolute atomic E-state index is 0.185. The van der Waals surface area contributed by atoms with E-state index in [2.05, 4.69) is 32.8 Å². The summed E-state index contributed by atoms with van der Waals surface area (Å²) >= 11 is 0. The number of benzene rings is 2. The fourth-order valence-corrected chi connectivity index (χ4v) is 2.36. The Balaban J connectivity index is 1.44. The molecule has 0 fully saturated rings. The fraction of sp³-hybridized carbons (Fsp3) is 0.0952. The lowest BCUT2D eigenvalue weighted by Crippen LogP contribution is -2.42. The zero-order valence-electron chi connectivity index (χ0n) is 16.1. The largest absolute Gasteiger partial charge is 0.490 e.